The van der Waals surface area contributed by atoms with Crippen molar-refractivity contribution in [1.82, 2.24) is 9.97 Å². The minimum Gasteiger partial charge on any atom is -0.481 e. The van der Waals surface area contributed by atoms with E-state index in [1.165, 1.54) is 0 Å². The van der Waals surface area contributed by atoms with E-state index in [9.17, 15) is 13.6 Å². The minimum absolute atomic E-state index is 0.0803. The Labute approximate surface area is 156 Å². The van der Waals surface area contributed by atoms with E-state index in [4.69, 9.17) is 10.1 Å². The summed E-state index contributed by atoms with van der Waals surface area (Å²) in [6.07, 6.45) is 3.17. The molecule has 0 unspecified atom stereocenters. The van der Waals surface area contributed by atoms with Crippen LogP contribution in [0.5, 0.6) is 0 Å². The fraction of sp³-hybridized carbons (Fsp3) is 0.737. The van der Waals surface area contributed by atoms with Crippen LogP contribution in [0.15, 0.2) is 0 Å². The van der Waals surface area contributed by atoms with Crippen LogP contribution in [0.2, 0.25) is 0 Å². The highest BCUT2D eigenvalue weighted by Gasteiger charge is 2.57. The van der Waals surface area contributed by atoms with Crippen molar-refractivity contribution in [1.29, 1.82) is 0 Å². The van der Waals surface area contributed by atoms with Crippen LogP contribution in [-0.4, -0.2) is 47.2 Å². The second kappa shape index (κ2) is 6.01. The van der Waals surface area contributed by atoms with Crippen molar-refractivity contribution in [2.24, 2.45) is 17.8 Å². The van der Waals surface area contributed by atoms with Gasteiger partial charge in [-0.05, 0) is 43.4 Å². The van der Waals surface area contributed by atoms with E-state index in [1.807, 2.05) is 4.90 Å². The Kier molecular flexibility index (Phi) is 3.81. The van der Waals surface area contributed by atoms with E-state index >= 15 is 0 Å². The largest absolute Gasteiger partial charge is 0.481 e. The van der Waals surface area contributed by atoms with E-state index in [1.54, 1.807) is 0 Å². The summed E-state index contributed by atoms with van der Waals surface area (Å²) in [6.45, 7) is 3.07. The van der Waals surface area contributed by atoms with E-state index < -0.39 is 11.9 Å². The summed E-state index contributed by atoms with van der Waals surface area (Å²) in [5.74, 6) is -1.61. The number of rotatable bonds is 4. The van der Waals surface area contributed by atoms with Crippen LogP contribution in [0.3, 0.4) is 0 Å². The molecule has 4 aliphatic rings. The Morgan fingerprint density at radius 3 is 2.48 bits per heavy atom. The average Bonchev–Trinajstić information content (AvgIpc) is 3.06. The molecule has 6 nitrogen and oxygen atoms in total. The zero-order chi connectivity index (χ0) is 18.8. The summed E-state index contributed by atoms with van der Waals surface area (Å²) in [5, 5.41) is 9.01. The molecule has 1 aromatic rings. The molecule has 1 saturated carbocycles. The van der Waals surface area contributed by atoms with E-state index in [2.05, 4.69) is 9.88 Å². The number of carbonyl (C=O) groups is 1. The number of aromatic nitrogens is 2. The molecule has 0 aromatic carbocycles. The molecule has 0 bridgehead atoms. The lowest BCUT2D eigenvalue weighted by atomic mass is 9.92. The predicted octanol–water partition coefficient (Wildman–Crippen LogP) is 2.66. The summed E-state index contributed by atoms with van der Waals surface area (Å²) in [4.78, 5) is 24.2. The number of piperidine rings is 1. The minimum atomic E-state index is -2.89. The molecule has 8 heteroatoms. The van der Waals surface area contributed by atoms with Crippen molar-refractivity contribution < 1.29 is 18.7 Å². The van der Waals surface area contributed by atoms with Gasteiger partial charge < -0.3 is 14.9 Å². The molecule has 27 heavy (non-hydrogen) atoms. The topological polar surface area (TPSA) is 69.6 Å². The van der Waals surface area contributed by atoms with Gasteiger partial charge in [-0.2, -0.15) is 13.8 Å². The summed E-state index contributed by atoms with van der Waals surface area (Å²) in [5.41, 5.74) is 0.522. The third-order valence-electron chi connectivity index (χ3n) is 6.71. The second-order valence-corrected chi connectivity index (χ2v) is 8.42. The molecule has 3 fully saturated rings. The van der Waals surface area contributed by atoms with Crippen LogP contribution in [0.1, 0.15) is 43.4 Å². The lowest BCUT2D eigenvalue weighted by molar-refractivity contribution is -0.137. The molecule has 2 saturated heterocycles. The Morgan fingerprint density at radius 1 is 1.11 bits per heavy atom. The predicted molar refractivity (Wildman–Crippen MR) is 95.2 cm³/mol. The Hall–Kier alpha value is -1.99. The van der Waals surface area contributed by atoms with Gasteiger partial charge in [-0.1, -0.05) is 0 Å². The molecular formula is C19H24F2N4O2. The maximum atomic E-state index is 14.6. The number of alkyl halides is 2. The van der Waals surface area contributed by atoms with Crippen LogP contribution >= 0.6 is 0 Å². The number of fused-ring (bicyclic) bond motifs is 2. The first-order valence-corrected chi connectivity index (χ1v) is 9.95. The normalized spacial score (nSPS) is 31.0. The molecule has 5 rings (SSSR count). The first-order valence-electron chi connectivity index (χ1n) is 9.95. The fourth-order valence-electron chi connectivity index (χ4n) is 5.25. The van der Waals surface area contributed by atoms with Gasteiger partial charge in [-0.3, -0.25) is 4.79 Å². The number of hydrogen-bond donors (Lipinski definition) is 1. The standard InChI is InChI=1S/C19H24F2N4O2/c20-19(21)5-3-4-11-16(19)22-18(24-6-1-2-7-24)23-17(11)25-9-13-12(8-15(26)27)14(13)10-25/h12-14H,1-10H2,(H,26,27)/t12-,13-,14+. The third kappa shape index (κ3) is 2.84. The van der Waals surface area contributed by atoms with Crippen molar-refractivity contribution in [2.75, 3.05) is 36.0 Å². The van der Waals surface area contributed by atoms with Gasteiger partial charge in [0.1, 0.15) is 11.5 Å². The Balaban J connectivity index is 1.47. The quantitative estimate of drug-likeness (QED) is 0.869. The molecular weight excluding hydrogens is 354 g/mol. The third-order valence-corrected chi connectivity index (χ3v) is 6.71. The number of aliphatic carboxylic acids is 1. The van der Waals surface area contributed by atoms with Gasteiger partial charge >= 0.3 is 5.97 Å². The molecule has 0 amide bonds. The van der Waals surface area contributed by atoms with Gasteiger partial charge in [0, 0.05) is 44.6 Å². The summed E-state index contributed by atoms with van der Waals surface area (Å²) >= 11 is 0. The molecule has 3 heterocycles. The van der Waals surface area contributed by atoms with E-state index in [-0.39, 0.29) is 24.5 Å². The van der Waals surface area contributed by atoms with Crippen LogP contribution in [0.4, 0.5) is 20.5 Å². The molecule has 0 radical (unpaired) electrons. The van der Waals surface area contributed by atoms with E-state index in [0.29, 0.717) is 42.0 Å². The maximum absolute atomic E-state index is 14.6. The highest BCUT2D eigenvalue weighted by atomic mass is 19.3. The molecule has 146 valence electrons. The highest BCUT2D eigenvalue weighted by Crippen LogP contribution is 2.55. The number of nitrogens with zero attached hydrogens (tertiary/aromatic N) is 4. The smallest absolute Gasteiger partial charge is 0.303 e. The average molecular weight is 378 g/mol. The lowest BCUT2D eigenvalue weighted by Crippen LogP contribution is -2.33. The van der Waals surface area contributed by atoms with Crippen LogP contribution < -0.4 is 9.80 Å². The molecule has 2 aliphatic heterocycles. The first kappa shape index (κ1) is 17.1. The molecule has 2 aliphatic carbocycles. The van der Waals surface area contributed by atoms with Crippen LogP contribution in [0.25, 0.3) is 0 Å². The molecule has 0 spiro atoms. The number of carboxylic acids is 1. The number of halogens is 2. The summed E-state index contributed by atoms with van der Waals surface area (Å²) < 4.78 is 29.3. The van der Waals surface area contributed by atoms with Crippen LogP contribution in [0, 0.1) is 17.8 Å². The Bertz CT molecular complexity index is 769. The molecule has 3 atom stereocenters. The SMILES string of the molecule is O=C(O)C[C@@H]1[C@H]2CN(c3nc(N4CCCC4)nc4c3CCCC4(F)F)C[C@@H]12. The second-order valence-electron chi connectivity index (χ2n) is 8.42. The lowest BCUT2D eigenvalue weighted by Gasteiger charge is -2.31. The van der Waals surface area contributed by atoms with E-state index in [0.717, 1.165) is 39.0 Å². The highest BCUT2D eigenvalue weighted by molar-refractivity contribution is 5.68. The van der Waals surface area contributed by atoms with Crippen molar-refractivity contribution in [3.05, 3.63) is 11.3 Å². The van der Waals surface area contributed by atoms with Crippen molar-refractivity contribution in [3.63, 3.8) is 0 Å². The van der Waals surface area contributed by atoms with Crippen molar-refractivity contribution in [3.8, 4) is 0 Å². The van der Waals surface area contributed by atoms with Gasteiger partial charge in [0.25, 0.3) is 5.92 Å². The van der Waals surface area contributed by atoms with Gasteiger partial charge in [0.05, 0.1) is 0 Å². The Morgan fingerprint density at radius 2 is 1.81 bits per heavy atom. The first-order chi connectivity index (χ1) is 12.9. The zero-order valence-electron chi connectivity index (χ0n) is 15.2. The number of anilines is 2. The maximum Gasteiger partial charge on any atom is 0.303 e. The summed E-state index contributed by atoms with van der Waals surface area (Å²) in [6, 6.07) is 0. The van der Waals surface area contributed by atoms with Crippen LogP contribution in [-0.2, 0) is 17.1 Å². The van der Waals surface area contributed by atoms with Gasteiger partial charge in [0.2, 0.25) is 5.95 Å². The fourth-order valence-corrected chi connectivity index (χ4v) is 5.25. The summed E-state index contributed by atoms with van der Waals surface area (Å²) in [7, 11) is 0. The van der Waals surface area contributed by atoms with Gasteiger partial charge in [-0.25, -0.2) is 4.98 Å². The number of carboxylic acid groups (broad SMARTS) is 1. The van der Waals surface area contributed by atoms with Gasteiger partial charge in [0.15, 0.2) is 0 Å². The van der Waals surface area contributed by atoms with Crippen molar-refractivity contribution >= 4 is 17.7 Å². The monoisotopic (exact) mass is 378 g/mol. The number of hydrogen-bond acceptors (Lipinski definition) is 5. The van der Waals surface area contributed by atoms with Gasteiger partial charge in [-0.15, -0.1) is 0 Å². The zero-order valence-corrected chi connectivity index (χ0v) is 15.2. The molecule has 1 aromatic heterocycles. The van der Waals surface area contributed by atoms with Crippen molar-refractivity contribution in [2.45, 2.75) is 44.4 Å². The molecule has 1 N–H and O–H groups in total.